The second kappa shape index (κ2) is 18.3. The Bertz CT molecular complexity index is 1730. The van der Waals surface area contributed by atoms with Crippen LogP contribution in [0.4, 0.5) is 5.82 Å². The normalized spacial score (nSPS) is 31.1. The van der Waals surface area contributed by atoms with E-state index in [4.69, 9.17) is 0 Å². The summed E-state index contributed by atoms with van der Waals surface area (Å²) in [5.41, 5.74) is 1.04. The summed E-state index contributed by atoms with van der Waals surface area (Å²) in [7, 11) is 0. The number of hydrazone groups is 1. The molecular weight excluding hydrogens is 739 g/mol. The third-order valence-electron chi connectivity index (χ3n) is 14.5. The molecule has 5 heterocycles. The van der Waals surface area contributed by atoms with Crippen molar-refractivity contribution < 1.29 is 28.8 Å². The Morgan fingerprint density at radius 3 is 2.34 bits per heavy atom. The van der Waals surface area contributed by atoms with E-state index in [1.54, 1.807) is 6.33 Å². The number of unbranched alkanes of at least 4 members (excludes halogenated alkanes) is 1. The van der Waals surface area contributed by atoms with Gasteiger partial charge in [0.25, 0.3) is 0 Å². The van der Waals surface area contributed by atoms with Crippen LogP contribution in [0.15, 0.2) is 17.5 Å². The van der Waals surface area contributed by atoms with Crippen LogP contribution in [0.3, 0.4) is 0 Å². The van der Waals surface area contributed by atoms with E-state index >= 15 is 0 Å². The zero-order chi connectivity index (χ0) is 40.2. The number of aromatic nitrogens is 2. The highest BCUT2D eigenvalue weighted by Gasteiger charge is 2.55. The number of nitrogens with one attached hydrogen (secondary N) is 3. The lowest BCUT2D eigenvalue weighted by atomic mass is 9.77. The molecule has 314 valence electrons. The van der Waals surface area contributed by atoms with Gasteiger partial charge in [-0.25, -0.2) is 15.0 Å². The van der Waals surface area contributed by atoms with Gasteiger partial charge in [-0.2, -0.15) is 5.10 Å². The maximum Gasteiger partial charge on any atom is 0.249 e. The molecule has 3 saturated heterocycles. The van der Waals surface area contributed by atoms with Crippen LogP contribution < -0.4 is 20.9 Å². The molecule has 3 N–H and O–H groups in total. The van der Waals surface area contributed by atoms with Gasteiger partial charge in [0.05, 0.1) is 17.9 Å². The standard InChI is InChI=1S/C43H61N9O6/c53-37-16-15-35(40(55)49-37)51-42(57)31-9-6-10-32(38(31)43(51)58)44-20-4-5-21-45-39(54)29-13-11-27(12-14-29)33-25-36(47-26-46-33)50-23-18-30(19-24-50)41(56)52-34(17-22-48-52)28-7-2-1-3-8-28/h22,25-32,34-35,38,44H,1-21,23-24H2,(H,45,54)(H,49,53,55). The lowest BCUT2D eigenvalue weighted by Crippen LogP contribution is -2.55. The van der Waals surface area contributed by atoms with Crippen molar-refractivity contribution in [3.8, 4) is 0 Å². The number of hydrogen-bond acceptors (Lipinski definition) is 11. The number of amides is 6. The number of likely N-dealkylation sites (tertiary alicyclic amines) is 1. The number of rotatable bonds is 12. The summed E-state index contributed by atoms with van der Waals surface area (Å²) >= 11 is 0. The van der Waals surface area contributed by atoms with Gasteiger partial charge in [0.15, 0.2) is 0 Å². The highest BCUT2D eigenvalue weighted by Crippen LogP contribution is 2.41. The van der Waals surface area contributed by atoms with Crippen molar-refractivity contribution in [2.24, 2.45) is 34.7 Å². The summed E-state index contributed by atoms with van der Waals surface area (Å²) in [4.78, 5) is 90.2. The molecule has 3 aliphatic carbocycles. The minimum absolute atomic E-state index is 0.000163. The predicted octanol–water partition coefficient (Wildman–Crippen LogP) is 3.58. The first-order valence-corrected chi connectivity index (χ1v) is 22.4. The largest absolute Gasteiger partial charge is 0.356 e. The number of fused-ring (bicyclic) bond motifs is 1. The van der Waals surface area contributed by atoms with Crippen LogP contribution >= 0.6 is 0 Å². The zero-order valence-corrected chi connectivity index (χ0v) is 33.8. The van der Waals surface area contributed by atoms with Gasteiger partial charge >= 0.3 is 0 Å². The minimum Gasteiger partial charge on any atom is -0.356 e. The highest BCUT2D eigenvalue weighted by molar-refractivity contribution is 6.11. The fourth-order valence-electron chi connectivity index (χ4n) is 11.1. The maximum absolute atomic E-state index is 13.6. The van der Waals surface area contributed by atoms with Gasteiger partial charge in [0, 0.05) is 74.2 Å². The molecule has 6 amide bonds. The number of nitrogens with zero attached hydrogens (tertiary/aromatic N) is 6. The molecule has 8 rings (SSSR count). The van der Waals surface area contributed by atoms with Gasteiger partial charge in [0.1, 0.15) is 18.2 Å². The smallest absolute Gasteiger partial charge is 0.249 e. The average molecular weight is 800 g/mol. The summed E-state index contributed by atoms with van der Waals surface area (Å²) < 4.78 is 0. The van der Waals surface area contributed by atoms with Gasteiger partial charge in [-0.15, -0.1) is 0 Å². The van der Waals surface area contributed by atoms with Crippen LogP contribution in [0.5, 0.6) is 0 Å². The average Bonchev–Trinajstić information content (AvgIpc) is 3.85. The van der Waals surface area contributed by atoms with Crippen LogP contribution in [0.2, 0.25) is 0 Å². The predicted molar refractivity (Wildman–Crippen MR) is 215 cm³/mol. The van der Waals surface area contributed by atoms with E-state index in [-0.39, 0.29) is 66.3 Å². The summed E-state index contributed by atoms with van der Waals surface area (Å²) in [6, 6.07) is 1.32. The molecule has 0 spiro atoms. The second-order valence-electron chi connectivity index (χ2n) is 17.9. The number of anilines is 1. The molecule has 4 aliphatic heterocycles. The Morgan fingerprint density at radius 2 is 1.57 bits per heavy atom. The van der Waals surface area contributed by atoms with Crippen molar-refractivity contribution in [3.05, 3.63) is 18.1 Å². The van der Waals surface area contributed by atoms with Crippen LogP contribution in [-0.2, 0) is 28.8 Å². The van der Waals surface area contributed by atoms with E-state index in [9.17, 15) is 28.8 Å². The first-order chi connectivity index (χ1) is 28.3. The Kier molecular flexibility index (Phi) is 12.8. The van der Waals surface area contributed by atoms with Crippen molar-refractivity contribution in [1.82, 2.24) is 35.8 Å². The first-order valence-electron chi connectivity index (χ1n) is 22.4. The summed E-state index contributed by atoms with van der Waals surface area (Å²) in [6.45, 7) is 2.83. The monoisotopic (exact) mass is 799 g/mol. The van der Waals surface area contributed by atoms with E-state index in [0.717, 1.165) is 100 Å². The van der Waals surface area contributed by atoms with Crippen molar-refractivity contribution in [1.29, 1.82) is 0 Å². The fourth-order valence-corrected chi connectivity index (χ4v) is 11.1. The van der Waals surface area contributed by atoms with E-state index in [2.05, 4.69) is 42.0 Å². The van der Waals surface area contributed by atoms with Crippen LogP contribution in [0, 0.1) is 29.6 Å². The molecule has 0 radical (unpaired) electrons. The second-order valence-corrected chi connectivity index (χ2v) is 17.9. The molecule has 5 atom stereocenters. The van der Waals surface area contributed by atoms with E-state index in [0.29, 0.717) is 31.3 Å². The van der Waals surface area contributed by atoms with Crippen LogP contribution in [0.1, 0.15) is 134 Å². The molecule has 1 aromatic heterocycles. The molecule has 5 unspecified atom stereocenters. The van der Waals surface area contributed by atoms with E-state index in [1.807, 2.05) is 11.2 Å². The fraction of sp³-hybridized carbons (Fsp3) is 0.744. The molecule has 58 heavy (non-hydrogen) atoms. The number of piperidine rings is 2. The topological polar surface area (TPSA) is 186 Å². The third kappa shape index (κ3) is 8.70. The van der Waals surface area contributed by atoms with Gasteiger partial charge in [0.2, 0.25) is 35.4 Å². The highest BCUT2D eigenvalue weighted by atomic mass is 16.2. The number of hydrogen-bond donors (Lipinski definition) is 3. The Labute approximate surface area is 341 Å². The van der Waals surface area contributed by atoms with Crippen molar-refractivity contribution >= 4 is 47.5 Å². The number of imide groups is 2. The summed E-state index contributed by atoms with van der Waals surface area (Å²) in [6.07, 6.45) is 19.9. The molecule has 6 fully saturated rings. The van der Waals surface area contributed by atoms with E-state index in [1.165, 1.54) is 32.1 Å². The third-order valence-corrected chi connectivity index (χ3v) is 14.5. The lowest BCUT2D eigenvalue weighted by molar-refractivity contribution is -0.151. The molecule has 15 nitrogen and oxygen atoms in total. The van der Waals surface area contributed by atoms with Crippen LogP contribution in [0.25, 0.3) is 0 Å². The molecule has 15 heteroatoms. The van der Waals surface area contributed by atoms with Crippen molar-refractivity contribution in [2.45, 2.75) is 146 Å². The van der Waals surface area contributed by atoms with E-state index < -0.39 is 23.8 Å². The summed E-state index contributed by atoms with van der Waals surface area (Å²) in [5, 5.41) is 15.3. The molecule has 0 aromatic carbocycles. The van der Waals surface area contributed by atoms with Crippen LogP contribution in [-0.4, -0.2) is 106 Å². The Balaban J connectivity index is 0.729. The molecular formula is C43H61N9O6. The molecule has 0 bridgehead atoms. The van der Waals surface area contributed by atoms with Gasteiger partial charge in [-0.3, -0.25) is 39.0 Å². The van der Waals surface area contributed by atoms with Gasteiger partial charge in [-0.05, 0) is 95.9 Å². The Morgan fingerprint density at radius 1 is 0.793 bits per heavy atom. The zero-order valence-electron chi connectivity index (χ0n) is 33.8. The van der Waals surface area contributed by atoms with Gasteiger partial charge < -0.3 is 15.5 Å². The number of carbonyl (C=O) groups excluding carboxylic acids is 6. The lowest BCUT2D eigenvalue weighted by Gasteiger charge is -2.37. The van der Waals surface area contributed by atoms with Gasteiger partial charge in [-0.1, -0.05) is 25.7 Å². The first kappa shape index (κ1) is 40.5. The Hall–Kier alpha value is -4.27. The number of carbonyl (C=O) groups is 6. The quantitative estimate of drug-likeness (QED) is 0.209. The SMILES string of the molecule is O=C1CCC(N2C(=O)C3CCCC(NCCCCNC(=O)C4CCC(c5cc(N6CCC(C(=O)N7N=CCC7C7CCCCC7)CC6)ncn5)CC4)C3C2=O)C(=O)N1. The van der Waals surface area contributed by atoms with Crippen molar-refractivity contribution in [3.63, 3.8) is 0 Å². The minimum atomic E-state index is -0.906. The molecule has 7 aliphatic rings. The summed E-state index contributed by atoms with van der Waals surface area (Å²) in [5.74, 6) is -0.356. The van der Waals surface area contributed by atoms with Crippen molar-refractivity contribution in [2.75, 3.05) is 31.1 Å². The molecule has 3 saturated carbocycles. The maximum atomic E-state index is 13.6. The molecule has 1 aromatic rings.